The zero-order valence-electron chi connectivity index (χ0n) is 21.0. The van der Waals surface area contributed by atoms with Gasteiger partial charge in [0, 0.05) is 44.1 Å². The number of hydrogen-bond donors (Lipinski definition) is 2. The average Bonchev–Trinajstić information content (AvgIpc) is 2.98. The third kappa shape index (κ3) is 5.46. The van der Waals surface area contributed by atoms with E-state index in [0.29, 0.717) is 25.9 Å². The number of hydrogen-bond acceptors (Lipinski definition) is 10. The first-order valence-electron chi connectivity index (χ1n) is 12.1. The zero-order valence-corrected chi connectivity index (χ0v) is 21.7. The Morgan fingerprint density at radius 1 is 1.23 bits per heavy atom. The van der Waals surface area contributed by atoms with Crippen molar-refractivity contribution in [2.24, 2.45) is 4.99 Å². The van der Waals surface area contributed by atoms with Gasteiger partial charge in [-0.1, -0.05) is 17.7 Å². The van der Waals surface area contributed by atoms with E-state index in [1.54, 1.807) is 0 Å². The summed E-state index contributed by atoms with van der Waals surface area (Å²) >= 11 is 5.94. The van der Waals surface area contributed by atoms with Crippen LogP contribution in [0.1, 0.15) is 12.8 Å². The summed E-state index contributed by atoms with van der Waals surface area (Å²) in [6, 6.07) is 7.44. The van der Waals surface area contributed by atoms with E-state index in [1.165, 1.54) is 36.3 Å². The smallest absolute Gasteiger partial charge is 0.338 e. The molecule has 3 aromatic heterocycles. The van der Waals surface area contributed by atoms with Gasteiger partial charge in [0.2, 0.25) is 11.7 Å². The molecule has 2 aromatic carbocycles. The van der Waals surface area contributed by atoms with E-state index in [1.807, 2.05) is 0 Å². The van der Waals surface area contributed by atoms with Crippen LogP contribution in [0.3, 0.4) is 0 Å². The molecule has 0 unspecified atom stereocenters. The normalized spacial score (nSPS) is 14.5. The topological polar surface area (TPSA) is 160 Å². The van der Waals surface area contributed by atoms with Gasteiger partial charge in [-0.3, -0.25) is 4.79 Å². The number of H-pyrrole nitrogens is 1. The van der Waals surface area contributed by atoms with Crippen molar-refractivity contribution in [1.82, 2.24) is 14.9 Å². The van der Waals surface area contributed by atoms with Crippen molar-refractivity contribution in [3.05, 3.63) is 73.6 Å². The summed E-state index contributed by atoms with van der Waals surface area (Å²) < 4.78 is 37.5. The van der Waals surface area contributed by atoms with Crippen LogP contribution in [-0.2, 0) is 4.79 Å². The van der Waals surface area contributed by atoms with E-state index in [-0.39, 0.29) is 55.9 Å². The van der Waals surface area contributed by atoms with Crippen molar-refractivity contribution in [3.63, 3.8) is 0 Å². The highest BCUT2D eigenvalue weighted by molar-refractivity contribution is 6.31. The van der Waals surface area contributed by atoms with E-state index in [0.717, 1.165) is 12.1 Å². The van der Waals surface area contributed by atoms with Gasteiger partial charge < -0.3 is 33.3 Å². The molecule has 14 heteroatoms. The first-order valence-corrected chi connectivity index (χ1v) is 12.5. The number of carbonyl (C=O) groups is 1. The number of aliphatic hydroxyl groups excluding tert-OH is 1. The van der Waals surface area contributed by atoms with Crippen molar-refractivity contribution in [2.75, 3.05) is 26.8 Å². The lowest BCUT2D eigenvalue weighted by atomic mass is 10.1. The lowest BCUT2D eigenvalue weighted by Crippen LogP contribution is -2.43. The van der Waals surface area contributed by atoms with Gasteiger partial charge in [0.05, 0.1) is 23.0 Å². The third-order valence-corrected chi connectivity index (χ3v) is 6.51. The van der Waals surface area contributed by atoms with E-state index < -0.39 is 29.8 Å². The number of ether oxygens (including phenoxy) is 2. The second-order valence-electron chi connectivity index (χ2n) is 8.74. The molecule has 208 valence electrons. The average molecular weight is 573 g/mol. The Morgan fingerprint density at radius 3 is 2.65 bits per heavy atom. The van der Waals surface area contributed by atoms with Crippen molar-refractivity contribution in [1.29, 1.82) is 0 Å². The molecule has 1 saturated heterocycles. The standard InChI is InChI=1S/C26H22ClFN4O8/c1-37-17-11-16-21-24(23(17)38-13-7-9-32(10-8-13)18(34)12-33)39-19(35)5-6-20(36)40-26(30-16)31-25(21)29-15-4-2-3-14(27)22(15)28/h2-6,11,13,33H,7-10,12H2,1H3,(H,29,30,31). The third-order valence-electron chi connectivity index (χ3n) is 6.22. The summed E-state index contributed by atoms with van der Waals surface area (Å²) in [4.78, 5) is 49.8. The van der Waals surface area contributed by atoms with Crippen LogP contribution in [0, 0.1) is 5.82 Å². The van der Waals surface area contributed by atoms with E-state index >= 15 is 0 Å². The van der Waals surface area contributed by atoms with Crippen LogP contribution in [0.2, 0.25) is 5.02 Å². The second-order valence-corrected chi connectivity index (χ2v) is 9.15. The van der Waals surface area contributed by atoms with Crippen molar-refractivity contribution >= 4 is 45.5 Å². The molecule has 5 aromatic rings. The molecule has 1 aliphatic rings. The summed E-state index contributed by atoms with van der Waals surface area (Å²) in [5.41, 5.74) is -2.14. The maximum atomic E-state index is 14.8. The van der Waals surface area contributed by atoms with Crippen molar-refractivity contribution < 1.29 is 32.6 Å². The molecule has 0 atom stereocenters. The number of nitrogens with zero attached hydrogens (tertiary/aromatic N) is 3. The second kappa shape index (κ2) is 11.3. The van der Waals surface area contributed by atoms with Gasteiger partial charge in [-0.25, -0.2) is 19.0 Å². The number of nitrogens with one attached hydrogen (secondary N) is 1. The van der Waals surface area contributed by atoms with Gasteiger partial charge in [0.25, 0.3) is 0 Å². The minimum Gasteiger partial charge on any atom is -0.493 e. The fourth-order valence-electron chi connectivity index (χ4n) is 4.30. The maximum absolute atomic E-state index is 14.8. The van der Waals surface area contributed by atoms with E-state index in [9.17, 15) is 18.8 Å². The Kier molecular flexibility index (Phi) is 7.67. The van der Waals surface area contributed by atoms with Gasteiger partial charge in [-0.15, -0.1) is 0 Å². The number of aliphatic hydroxyl groups is 1. The molecule has 0 radical (unpaired) electrons. The number of methoxy groups -OCH3 is 1. The van der Waals surface area contributed by atoms with Crippen LogP contribution in [0.5, 0.6) is 11.5 Å². The Labute approximate surface area is 228 Å². The molecule has 4 bridgehead atoms. The highest BCUT2D eigenvalue weighted by Gasteiger charge is 2.27. The van der Waals surface area contributed by atoms with Crippen LogP contribution in [0.25, 0.3) is 22.3 Å². The fraction of sp³-hybridized carbons (Fsp3) is 0.269. The molecule has 12 nitrogen and oxygen atoms in total. The van der Waals surface area contributed by atoms with Crippen LogP contribution in [0.4, 0.5) is 10.1 Å². The lowest BCUT2D eigenvalue weighted by Gasteiger charge is -2.32. The Morgan fingerprint density at radius 2 is 1.95 bits per heavy atom. The Balaban J connectivity index is 1.80. The first-order chi connectivity index (χ1) is 19.3. The first kappa shape index (κ1) is 27.1. The van der Waals surface area contributed by atoms with Crippen molar-refractivity contribution in [3.8, 4) is 11.5 Å². The monoisotopic (exact) mass is 572 g/mol. The predicted molar refractivity (Wildman–Crippen MR) is 140 cm³/mol. The van der Waals surface area contributed by atoms with E-state index in [4.69, 9.17) is 35.0 Å². The Hall–Kier alpha value is -4.49. The van der Waals surface area contributed by atoms with Gasteiger partial charge in [-0.2, -0.15) is 4.98 Å². The van der Waals surface area contributed by atoms with Crippen LogP contribution in [-0.4, -0.2) is 58.8 Å². The molecule has 2 N–H and O–H groups in total. The molecule has 1 aliphatic heterocycles. The van der Waals surface area contributed by atoms with Crippen molar-refractivity contribution in [2.45, 2.75) is 18.9 Å². The zero-order chi connectivity index (χ0) is 28.4. The summed E-state index contributed by atoms with van der Waals surface area (Å²) in [5, 5.41) is 9.08. The minimum absolute atomic E-state index is 0.0288. The minimum atomic E-state index is -0.941. The summed E-state index contributed by atoms with van der Waals surface area (Å²) in [6.45, 7) is 0.0873. The quantitative estimate of drug-likeness (QED) is 0.366. The van der Waals surface area contributed by atoms with E-state index in [2.05, 4.69) is 15.0 Å². The number of halogens is 2. The molecule has 0 saturated carbocycles. The Bertz CT molecular complexity index is 1830. The summed E-state index contributed by atoms with van der Waals surface area (Å²) in [5.74, 6) is -1.31. The lowest BCUT2D eigenvalue weighted by molar-refractivity contribution is -0.135. The molecule has 1 amide bonds. The number of rotatable bonds is 5. The molecular formula is C26H22ClFN4O8. The number of aromatic nitrogens is 2. The number of benzene rings is 2. The van der Waals surface area contributed by atoms with Crippen LogP contribution < -0.4 is 26.2 Å². The number of fused-ring (bicyclic) bond motifs is 6. The molecular weight excluding hydrogens is 551 g/mol. The summed E-state index contributed by atoms with van der Waals surface area (Å²) in [6.07, 6.45) is 0.401. The van der Waals surface area contributed by atoms with Crippen LogP contribution >= 0.6 is 11.6 Å². The van der Waals surface area contributed by atoms with Crippen LogP contribution in [0.15, 0.2) is 59.8 Å². The molecule has 6 rings (SSSR count). The van der Waals surface area contributed by atoms with Gasteiger partial charge in [-0.05, 0) is 12.1 Å². The largest absolute Gasteiger partial charge is 0.493 e. The van der Waals surface area contributed by atoms with Gasteiger partial charge in [0.1, 0.15) is 18.4 Å². The van der Waals surface area contributed by atoms with Gasteiger partial charge >= 0.3 is 17.1 Å². The highest BCUT2D eigenvalue weighted by Crippen LogP contribution is 2.38. The summed E-state index contributed by atoms with van der Waals surface area (Å²) in [7, 11) is 1.38. The highest BCUT2D eigenvalue weighted by atomic mass is 35.5. The number of piperidine rings is 1. The SMILES string of the molecule is COc1cc2[nH]c3nc(=Nc4cccc(Cl)c4F)c2c(oc(=O)ccc(=O)o3)c1OC1CCN(C(=O)CO)CC1. The van der Waals surface area contributed by atoms with Gasteiger partial charge in [0.15, 0.2) is 22.6 Å². The number of likely N-dealkylation sites (tertiary alicyclic amines) is 1. The molecule has 1 fully saturated rings. The predicted octanol–water partition coefficient (Wildman–Crippen LogP) is 2.58. The molecule has 4 heterocycles. The number of amides is 1. The molecule has 0 spiro atoms. The number of aromatic amines is 1. The molecule has 40 heavy (non-hydrogen) atoms. The fourth-order valence-corrected chi connectivity index (χ4v) is 4.47. The maximum Gasteiger partial charge on any atom is 0.338 e. The number of carbonyl (C=O) groups excluding carboxylic acids is 1. The molecule has 0 aliphatic carbocycles.